The molecule has 1 rings (SSSR count). The lowest BCUT2D eigenvalue weighted by Crippen LogP contribution is -2.13. The summed E-state index contributed by atoms with van der Waals surface area (Å²) in [4.78, 5) is 8.95. The Kier molecular flexibility index (Phi) is 8.58. The van der Waals surface area contributed by atoms with Crippen LogP contribution in [0, 0.1) is 0 Å². The average Bonchev–Trinajstić information content (AvgIpc) is 2.50. The number of nitrogen functional groups attached to an aromatic ring is 1. The third-order valence-corrected chi connectivity index (χ3v) is 3.14. The maximum absolute atomic E-state index is 6.13. The van der Waals surface area contributed by atoms with Gasteiger partial charge in [-0.3, -0.25) is 0 Å². The van der Waals surface area contributed by atoms with Gasteiger partial charge in [-0.1, -0.05) is 27.2 Å². The van der Waals surface area contributed by atoms with Gasteiger partial charge in [-0.2, -0.15) is 4.98 Å². The number of aromatic nitrogens is 2. The van der Waals surface area contributed by atoms with E-state index in [4.69, 9.17) is 15.2 Å². The number of hydrogen-bond acceptors (Lipinski definition) is 6. The summed E-state index contributed by atoms with van der Waals surface area (Å²) in [6, 6.07) is 0. The first-order chi connectivity index (χ1) is 10.6. The minimum absolute atomic E-state index is 0.220. The summed E-state index contributed by atoms with van der Waals surface area (Å²) in [6.45, 7) is 11.1. The minimum Gasteiger partial charge on any atom is -0.476 e. The first kappa shape index (κ1) is 18.5. The van der Waals surface area contributed by atoms with E-state index < -0.39 is 0 Å². The molecule has 0 aliphatic heterocycles. The Morgan fingerprint density at radius 1 is 1.14 bits per heavy atom. The molecule has 0 saturated carbocycles. The molecule has 0 aliphatic carbocycles. The molecule has 0 radical (unpaired) electrons. The summed E-state index contributed by atoms with van der Waals surface area (Å²) < 4.78 is 11.0. The van der Waals surface area contributed by atoms with E-state index in [0.29, 0.717) is 24.0 Å². The van der Waals surface area contributed by atoms with Gasteiger partial charge in [0.05, 0.1) is 6.61 Å². The fourth-order valence-corrected chi connectivity index (χ4v) is 1.81. The number of nitrogens with one attached hydrogen (secondary N) is 1. The Balaban J connectivity index is 2.75. The maximum Gasteiger partial charge on any atom is 0.242 e. The molecular formula is C16H30N4O2. The van der Waals surface area contributed by atoms with Crippen molar-refractivity contribution in [3.05, 3.63) is 5.82 Å². The van der Waals surface area contributed by atoms with Crippen LogP contribution in [0.2, 0.25) is 0 Å². The van der Waals surface area contributed by atoms with Gasteiger partial charge in [0.1, 0.15) is 11.5 Å². The highest BCUT2D eigenvalue weighted by molar-refractivity contribution is 5.67. The zero-order valence-electron chi connectivity index (χ0n) is 14.3. The minimum atomic E-state index is 0.220. The molecule has 6 heteroatoms. The van der Waals surface area contributed by atoms with Gasteiger partial charge < -0.3 is 20.5 Å². The molecule has 1 aromatic heterocycles. The molecule has 6 nitrogen and oxygen atoms in total. The molecule has 0 saturated heterocycles. The van der Waals surface area contributed by atoms with Crippen molar-refractivity contribution in [1.82, 2.24) is 9.97 Å². The number of nitrogens with two attached hydrogens (primary N) is 1. The van der Waals surface area contributed by atoms with Gasteiger partial charge in [0.2, 0.25) is 5.88 Å². The van der Waals surface area contributed by atoms with Crippen molar-refractivity contribution in [3.8, 4) is 5.88 Å². The number of ether oxygens (including phenoxy) is 2. The molecule has 3 N–H and O–H groups in total. The van der Waals surface area contributed by atoms with Crippen LogP contribution >= 0.6 is 0 Å². The molecule has 0 aromatic carbocycles. The summed E-state index contributed by atoms with van der Waals surface area (Å²) >= 11 is 0. The second-order valence-electron chi connectivity index (χ2n) is 5.48. The van der Waals surface area contributed by atoms with Gasteiger partial charge in [0.25, 0.3) is 0 Å². The van der Waals surface area contributed by atoms with Crippen LogP contribution < -0.4 is 15.8 Å². The van der Waals surface area contributed by atoms with Crippen LogP contribution in [0.5, 0.6) is 5.88 Å². The number of rotatable bonds is 11. The van der Waals surface area contributed by atoms with Crippen LogP contribution in [-0.2, 0) is 4.74 Å². The van der Waals surface area contributed by atoms with Crippen LogP contribution in [0.25, 0.3) is 0 Å². The lowest BCUT2D eigenvalue weighted by Gasteiger charge is -2.15. The van der Waals surface area contributed by atoms with Gasteiger partial charge in [0, 0.05) is 25.7 Å². The lowest BCUT2D eigenvalue weighted by molar-refractivity contribution is 0.147. The monoisotopic (exact) mass is 310 g/mol. The fourth-order valence-electron chi connectivity index (χ4n) is 1.81. The van der Waals surface area contributed by atoms with Crippen LogP contribution in [0.4, 0.5) is 11.5 Å². The predicted octanol–water partition coefficient (Wildman–Crippen LogP) is 3.20. The fraction of sp³-hybridized carbons (Fsp3) is 0.750. The van der Waals surface area contributed by atoms with Gasteiger partial charge in [0.15, 0.2) is 5.82 Å². The molecule has 0 aliphatic rings. The number of nitrogens with zero attached hydrogens (tertiary/aromatic N) is 2. The van der Waals surface area contributed by atoms with Gasteiger partial charge in [-0.05, 0) is 19.8 Å². The lowest BCUT2D eigenvalue weighted by atomic mass is 10.2. The smallest absolute Gasteiger partial charge is 0.242 e. The molecule has 0 fully saturated rings. The van der Waals surface area contributed by atoms with Crippen molar-refractivity contribution in [2.75, 3.05) is 37.4 Å². The van der Waals surface area contributed by atoms with E-state index in [2.05, 4.69) is 36.1 Å². The quantitative estimate of drug-likeness (QED) is 0.611. The van der Waals surface area contributed by atoms with Gasteiger partial charge in [-0.15, -0.1) is 0 Å². The van der Waals surface area contributed by atoms with Crippen LogP contribution in [0.15, 0.2) is 0 Å². The molecule has 0 spiro atoms. The summed E-state index contributed by atoms with van der Waals surface area (Å²) in [6.07, 6.45) is 2.96. The molecular weight excluding hydrogens is 280 g/mol. The Labute approximate surface area is 133 Å². The van der Waals surface area contributed by atoms with E-state index in [-0.39, 0.29) is 5.92 Å². The maximum atomic E-state index is 6.13. The second kappa shape index (κ2) is 10.2. The summed E-state index contributed by atoms with van der Waals surface area (Å²) in [5, 5.41) is 3.26. The van der Waals surface area contributed by atoms with E-state index in [1.807, 2.05) is 6.92 Å². The van der Waals surface area contributed by atoms with E-state index >= 15 is 0 Å². The van der Waals surface area contributed by atoms with Crippen molar-refractivity contribution < 1.29 is 9.47 Å². The van der Waals surface area contributed by atoms with E-state index in [0.717, 1.165) is 44.8 Å². The number of anilines is 2. The molecule has 0 bridgehead atoms. The predicted molar refractivity (Wildman–Crippen MR) is 90.5 cm³/mol. The SMILES string of the molecule is CCCCOc1nc(C(C)C)nc(NCCCOCC)c1N. The van der Waals surface area contributed by atoms with Crippen LogP contribution in [0.3, 0.4) is 0 Å². The highest BCUT2D eigenvalue weighted by Crippen LogP contribution is 2.28. The van der Waals surface area contributed by atoms with E-state index in [9.17, 15) is 0 Å². The first-order valence-electron chi connectivity index (χ1n) is 8.21. The van der Waals surface area contributed by atoms with E-state index in [1.54, 1.807) is 0 Å². The van der Waals surface area contributed by atoms with Crippen molar-refractivity contribution in [2.24, 2.45) is 0 Å². The zero-order valence-corrected chi connectivity index (χ0v) is 14.3. The third kappa shape index (κ3) is 6.05. The highest BCUT2D eigenvalue weighted by Gasteiger charge is 2.14. The molecule has 0 unspecified atom stereocenters. The number of hydrogen-bond donors (Lipinski definition) is 2. The van der Waals surface area contributed by atoms with E-state index in [1.165, 1.54) is 0 Å². The molecule has 126 valence electrons. The molecule has 0 atom stereocenters. The first-order valence-corrected chi connectivity index (χ1v) is 8.21. The highest BCUT2D eigenvalue weighted by atomic mass is 16.5. The van der Waals surface area contributed by atoms with Crippen molar-refractivity contribution in [2.45, 2.75) is 52.9 Å². The topological polar surface area (TPSA) is 82.3 Å². The van der Waals surface area contributed by atoms with Crippen molar-refractivity contribution in [3.63, 3.8) is 0 Å². The van der Waals surface area contributed by atoms with Crippen molar-refractivity contribution in [1.29, 1.82) is 0 Å². The van der Waals surface area contributed by atoms with Gasteiger partial charge in [-0.25, -0.2) is 4.98 Å². The molecule has 22 heavy (non-hydrogen) atoms. The molecule has 1 aromatic rings. The summed E-state index contributed by atoms with van der Waals surface area (Å²) in [5.41, 5.74) is 6.62. The Bertz CT molecular complexity index is 438. The third-order valence-electron chi connectivity index (χ3n) is 3.14. The Hall–Kier alpha value is -1.56. The standard InChI is InChI=1S/C16H30N4O2/c1-5-7-11-22-16-13(17)15(18-9-8-10-21-6-2)19-14(20-16)12(3)4/h12H,5-11,17H2,1-4H3,(H,18,19,20). The van der Waals surface area contributed by atoms with Crippen LogP contribution in [0.1, 0.15) is 58.7 Å². The molecule has 1 heterocycles. The normalized spacial score (nSPS) is 11.0. The Morgan fingerprint density at radius 3 is 2.55 bits per heavy atom. The number of unbranched alkanes of at least 4 members (excludes halogenated alkanes) is 1. The van der Waals surface area contributed by atoms with Crippen LogP contribution in [-0.4, -0.2) is 36.3 Å². The largest absolute Gasteiger partial charge is 0.476 e. The zero-order chi connectivity index (χ0) is 16.4. The average molecular weight is 310 g/mol. The second-order valence-corrected chi connectivity index (χ2v) is 5.48. The molecule has 0 amide bonds. The summed E-state index contributed by atoms with van der Waals surface area (Å²) in [5.74, 6) is 2.10. The van der Waals surface area contributed by atoms with Crippen molar-refractivity contribution >= 4 is 11.5 Å². The van der Waals surface area contributed by atoms with Gasteiger partial charge >= 0.3 is 0 Å². The summed E-state index contributed by atoms with van der Waals surface area (Å²) in [7, 11) is 0. The Morgan fingerprint density at radius 2 is 1.91 bits per heavy atom.